The van der Waals surface area contributed by atoms with Crippen LogP contribution in [0.2, 0.25) is 0 Å². The maximum Gasteiger partial charge on any atom is 0.273 e. The highest BCUT2D eigenvalue weighted by Crippen LogP contribution is 2.04. The maximum absolute atomic E-state index is 13.0. The van der Waals surface area contributed by atoms with Crippen molar-refractivity contribution in [3.63, 3.8) is 0 Å². The van der Waals surface area contributed by atoms with Crippen LogP contribution in [-0.2, 0) is 13.1 Å². The van der Waals surface area contributed by atoms with Crippen LogP contribution in [0.15, 0.2) is 41.5 Å². The zero-order chi connectivity index (χ0) is 12.3. The lowest BCUT2D eigenvalue weighted by molar-refractivity contribution is 0.622. The second-order valence-corrected chi connectivity index (χ2v) is 3.64. The topological polar surface area (TPSA) is 60.9 Å². The Bertz CT molecular complexity index is 580. The normalized spacial score (nSPS) is 10.5. The van der Waals surface area contributed by atoms with Crippen molar-refractivity contribution >= 4 is 0 Å². The summed E-state index contributed by atoms with van der Waals surface area (Å²) < 4.78 is 14.5. The Morgan fingerprint density at radius 1 is 1.41 bits per heavy atom. The Labute approximate surface area is 97.5 Å². The van der Waals surface area contributed by atoms with E-state index in [1.165, 1.54) is 22.9 Å². The fraction of sp³-hybridized carbons (Fsp3) is 0.167. The number of rotatable bonds is 3. The Morgan fingerprint density at radius 3 is 2.94 bits per heavy atom. The molecule has 0 radical (unpaired) electrons. The molecule has 0 saturated heterocycles. The molecule has 1 aromatic carbocycles. The zero-order valence-electron chi connectivity index (χ0n) is 9.14. The van der Waals surface area contributed by atoms with Crippen molar-refractivity contribution in [2.75, 3.05) is 0 Å². The minimum atomic E-state index is -0.316. The van der Waals surface area contributed by atoms with Gasteiger partial charge < -0.3 is 10.3 Å². The van der Waals surface area contributed by atoms with Crippen molar-refractivity contribution in [2.24, 2.45) is 5.73 Å². The van der Waals surface area contributed by atoms with Gasteiger partial charge in [0, 0.05) is 18.9 Å². The van der Waals surface area contributed by atoms with E-state index in [0.717, 1.165) is 5.56 Å². The lowest BCUT2D eigenvalue weighted by Gasteiger charge is -2.06. The first-order chi connectivity index (χ1) is 8.20. The van der Waals surface area contributed by atoms with E-state index in [4.69, 9.17) is 5.73 Å². The first-order valence-corrected chi connectivity index (χ1v) is 5.19. The lowest BCUT2D eigenvalue weighted by Crippen LogP contribution is -2.26. The molecular weight excluding hydrogens is 221 g/mol. The highest BCUT2D eigenvalue weighted by Gasteiger charge is 2.03. The summed E-state index contributed by atoms with van der Waals surface area (Å²) >= 11 is 0. The Kier molecular flexibility index (Phi) is 3.30. The molecule has 0 aliphatic carbocycles. The van der Waals surface area contributed by atoms with E-state index in [-0.39, 0.29) is 17.9 Å². The van der Waals surface area contributed by atoms with E-state index in [1.807, 2.05) is 0 Å². The molecule has 4 nitrogen and oxygen atoms in total. The molecule has 2 aromatic rings. The average Bonchev–Trinajstić information content (AvgIpc) is 2.32. The standard InChI is InChI=1S/C12H12FN3O/c13-10-3-1-2-9(6-10)8-16-5-4-15-11(7-14)12(16)17/h1-6H,7-8,14H2. The Morgan fingerprint density at radius 2 is 2.24 bits per heavy atom. The van der Waals surface area contributed by atoms with E-state index in [1.54, 1.807) is 18.3 Å². The van der Waals surface area contributed by atoms with Gasteiger partial charge in [-0.15, -0.1) is 0 Å². The number of nitrogens with two attached hydrogens (primary N) is 1. The van der Waals surface area contributed by atoms with Gasteiger partial charge in [-0.3, -0.25) is 9.78 Å². The van der Waals surface area contributed by atoms with Gasteiger partial charge in [-0.2, -0.15) is 0 Å². The van der Waals surface area contributed by atoms with Crippen LogP contribution in [0.25, 0.3) is 0 Å². The van der Waals surface area contributed by atoms with Crippen molar-refractivity contribution < 1.29 is 4.39 Å². The van der Waals surface area contributed by atoms with Gasteiger partial charge >= 0.3 is 0 Å². The first-order valence-electron chi connectivity index (χ1n) is 5.19. The number of hydrogen-bond acceptors (Lipinski definition) is 3. The van der Waals surface area contributed by atoms with E-state index in [2.05, 4.69) is 4.98 Å². The molecule has 0 saturated carbocycles. The van der Waals surface area contributed by atoms with Gasteiger partial charge in [-0.1, -0.05) is 12.1 Å². The van der Waals surface area contributed by atoms with Crippen molar-refractivity contribution in [1.29, 1.82) is 0 Å². The molecule has 0 spiro atoms. The Balaban J connectivity index is 2.34. The monoisotopic (exact) mass is 233 g/mol. The van der Waals surface area contributed by atoms with Crippen LogP contribution in [0, 0.1) is 5.82 Å². The minimum Gasteiger partial charge on any atom is -0.325 e. The van der Waals surface area contributed by atoms with Gasteiger partial charge in [-0.25, -0.2) is 4.39 Å². The second-order valence-electron chi connectivity index (χ2n) is 3.64. The van der Waals surface area contributed by atoms with Gasteiger partial charge in [0.05, 0.1) is 6.54 Å². The van der Waals surface area contributed by atoms with Crippen LogP contribution in [0.1, 0.15) is 11.3 Å². The number of benzene rings is 1. The van der Waals surface area contributed by atoms with Crippen molar-refractivity contribution in [1.82, 2.24) is 9.55 Å². The van der Waals surface area contributed by atoms with Crippen molar-refractivity contribution in [3.8, 4) is 0 Å². The molecule has 2 rings (SSSR count). The van der Waals surface area contributed by atoms with Gasteiger partial charge in [0.25, 0.3) is 5.56 Å². The molecule has 0 unspecified atom stereocenters. The third kappa shape index (κ3) is 2.57. The van der Waals surface area contributed by atoms with E-state index in [0.29, 0.717) is 12.2 Å². The van der Waals surface area contributed by atoms with Crippen LogP contribution in [0.3, 0.4) is 0 Å². The number of halogens is 1. The fourth-order valence-corrected chi connectivity index (χ4v) is 1.59. The highest BCUT2D eigenvalue weighted by molar-refractivity contribution is 5.17. The van der Waals surface area contributed by atoms with Gasteiger partial charge in [-0.05, 0) is 17.7 Å². The highest BCUT2D eigenvalue weighted by atomic mass is 19.1. The van der Waals surface area contributed by atoms with Crippen LogP contribution < -0.4 is 11.3 Å². The third-order valence-electron chi connectivity index (χ3n) is 2.42. The molecule has 1 aromatic heterocycles. The van der Waals surface area contributed by atoms with Crippen LogP contribution >= 0.6 is 0 Å². The maximum atomic E-state index is 13.0. The largest absolute Gasteiger partial charge is 0.325 e. The molecule has 1 heterocycles. The quantitative estimate of drug-likeness (QED) is 0.856. The molecular formula is C12H12FN3O. The van der Waals surface area contributed by atoms with Gasteiger partial charge in [0.2, 0.25) is 0 Å². The predicted octanol–water partition coefficient (Wildman–Crippen LogP) is 0.889. The summed E-state index contributed by atoms with van der Waals surface area (Å²) in [4.78, 5) is 15.7. The number of nitrogens with zero attached hydrogens (tertiary/aromatic N) is 2. The lowest BCUT2D eigenvalue weighted by atomic mass is 10.2. The summed E-state index contributed by atoms with van der Waals surface area (Å²) in [7, 11) is 0. The molecule has 0 amide bonds. The second kappa shape index (κ2) is 4.88. The van der Waals surface area contributed by atoms with Crippen molar-refractivity contribution in [3.05, 3.63) is 64.1 Å². The molecule has 0 aliphatic rings. The Hall–Kier alpha value is -2.01. The molecule has 0 aliphatic heterocycles. The SMILES string of the molecule is NCc1nccn(Cc2cccc(F)c2)c1=O. The smallest absolute Gasteiger partial charge is 0.273 e. The average molecular weight is 233 g/mol. The summed E-state index contributed by atoms with van der Waals surface area (Å²) in [5.74, 6) is -0.316. The molecule has 17 heavy (non-hydrogen) atoms. The van der Waals surface area contributed by atoms with Crippen LogP contribution in [0.5, 0.6) is 0 Å². The molecule has 5 heteroatoms. The molecule has 2 N–H and O–H groups in total. The summed E-state index contributed by atoms with van der Waals surface area (Å²) in [6, 6.07) is 6.14. The van der Waals surface area contributed by atoms with Gasteiger partial charge in [0.15, 0.2) is 0 Å². The van der Waals surface area contributed by atoms with Crippen LogP contribution in [-0.4, -0.2) is 9.55 Å². The molecule has 0 atom stereocenters. The molecule has 0 bridgehead atoms. The first kappa shape index (κ1) is 11.5. The van der Waals surface area contributed by atoms with Crippen LogP contribution in [0.4, 0.5) is 4.39 Å². The third-order valence-corrected chi connectivity index (χ3v) is 2.42. The number of hydrogen-bond donors (Lipinski definition) is 1. The van der Waals surface area contributed by atoms with Crippen molar-refractivity contribution in [2.45, 2.75) is 13.1 Å². The molecule has 0 fully saturated rings. The van der Waals surface area contributed by atoms with Gasteiger partial charge in [0.1, 0.15) is 11.5 Å². The summed E-state index contributed by atoms with van der Waals surface area (Å²) in [6.45, 7) is 0.412. The summed E-state index contributed by atoms with van der Waals surface area (Å²) in [6.07, 6.45) is 3.08. The number of aromatic nitrogens is 2. The zero-order valence-corrected chi connectivity index (χ0v) is 9.14. The predicted molar refractivity (Wildman–Crippen MR) is 61.9 cm³/mol. The summed E-state index contributed by atoms with van der Waals surface area (Å²) in [5, 5.41) is 0. The molecule has 88 valence electrons. The summed E-state index contributed by atoms with van der Waals surface area (Å²) in [5.41, 5.74) is 6.20. The minimum absolute atomic E-state index is 0.100. The van der Waals surface area contributed by atoms with E-state index >= 15 is 0 Å². The van der Waals surface area contributed by atoms with E-state index < -0.39 is 0 Å². The fourth-order valence-electron chi connectivity index (χ4n) is 1.59. The van der Waals surface area contributed by atoms with E-state index in [9.17, 15) is 9.18 Å².